The monoisotopic (exact) mass is 214 g/mol. The predicted molar refractivity (Wildman–Crippen MR) is 46.6 cm³/mol. The van der Waals surface area contributed by atoms with Crippen LogP contribution in [0, 0.1) is 0 Å². The minimum atomic E-state index is -1.27. The number of rotatable bonds is 1. The topological polar surface area (TPSA) is 96.2 Å². The smallest absolute Gasteiger partial charge is 0.371 e. The number of halogens is 1. The van der Waals surface area contributed by atoms with Gasteiger partial charge in [-0.2, -0.15) is 5.10 Å². The largest absolute Gasteiger partial charge is 0.475 e. The van der Waals surface area contributed by atoms with E-state index < -0.39 is 11.5 Å². The van der Waals surface area contributed by atoms with E-state index in [9.17, 15) is 9.59 Å². The summed E-state index contributed by atoms with van der Waals surface area (Å²) in [4.78, 5) is 21.6. The summed E-state index contributed by atoms with van der Waals surface area (Å²) >= 11 is 5.61. The first-order valence-corrected chi connectivity index (χ1v) is 3.88. The molecule has 14 heavy (non-hydrogen) atoms. The molecule has 6 nitrogen and oxygen atoms in total. The Hall–Kier alpha value is -1.82. The van der Waals surface area contributed by atoms with Crippen LogP contribution in [0.4, 0.5) is 0 Å². The van der Waals surface area contributed by atoms with Crippen molar-refractivity contribution >= 4 is 28.5 Å². The minimum Gasteiger partial charge on any atom is -0.475 e. The second kappa shape index (κ2) is 2.85. The molecule has 2 heterocycles. The maximum atomic E-state index is 11.1. The SMILES string of the molecule is O=C(O)c1cc2c(Cl)n[nH]c(=O)c2o1. The van der Waals surface area contributed by atoms with Crippen LogP contribution < -0.4 is 5.56 Å². The molecule has 2 aromatic heterocycles. The van der Waals surface area contributed by atoms with Crippen LogP contribution in [0.3, 0.4) is 0 Å². The highest BCUT2D eigenvalue weighted by molar-refractivity contribution is 6.34. The fourth-order valence-electron chi connectivity index (χ4n) is 1.03. The van der Waals surface area contributed by atoms with Gasteiger partial charge in [-0.25, -0.2) is 9.89 Å². The van der Waals surface area contributed by atoms with Crippen molar-refractivity contribution in [1.82, 2.24) is 10.2 Å². The Balaban J connectivity index is 2.89. The summed E-state index contributed by atoms with van der Waals surface area (Å²) in [6, 6.07) is 1.15. The molecular formula is C7H3ClN2O4. The zero-order valence-corrected chi connectivity index (χ0v) is 7.33. The molecule has 0 aromatic carbocycles. The predicted octanol–water partition coefficient (Wildman–Crippen LogP) is 0.868. The van der Waals surface area contributed by atoms with Crippen LogP contribution in [-0.4, -0.2) is 21.3 Å². The average molecular weight is 215 g/mol. The molecule has 72 valence electrons. The summed E-state index contributed by atoms with van der Waals surface area (Å²) in [6.07, 6.45) is 0. The molecule has 0 atom stereocenters. The van der Waals surface area contributed by atoms with E-state index in [1.807, 2.05) is 0 Å². The number of carbonyl (C=O) groups is 1. The fourth-order valence-corrected chi connectivity index (χ4v) is 1.21. The fraction of sp³-hybridized carbons (Fsp3) is 0. The molecule has 0 radical (unpaired) electrons. The number of hydrogen-bond donors (Lipinski definition) is 2. The van der Waals surface area contributed by atoms with Gasteiger partial charge < -0.3 is 9.52 Å². The van der Waals surface area contributed by atoms with Gasteiger partial charge in [0.1, 0.15) is 0 Å². The lowest BCUT2D eigenvalue weighted by atomic mass is 10.3. The van der Waals surface area contributed by atoms with Crippen molar-refractivity contribution in [2.45, 2.75) is 0 Å². The standard InChI is InChI=1S/C7H3ClN2O4/c8-5-2-1-3(7(12)13)14-4(2)6(11)10-9-5/h1H,(H,10,11)(H,12,13). The van der Waals surface area contributed by atoms with Gasteiger partial charge >= 0.3 is 11.5 Å². The molecule has 2 N–H and O–H groups in total. The molecule has 2 aromatic rings. The molecule has 0 amide bonds. The molecule has 0 unspecified atom stereocenters. The maximum absolute atomic E-state index is 11.1. The number of H-pyrrole nitrogens is 1. The third-order valence-corrected chi connectivity index (χ3v) is 1.92. The number of aromatic nitrogens is 2. The second-order valence-electron chi connectivity index (χ2n) is 2.50. The van der Waals surface area contributed by atoms with Crippen molar-refractivity contribution in [1.29, 1.82) is 0 Å². The Morgan fingerprint density at radius 1 is 1.64 bits per heavy atom. The molecular weight excluding hydrogens is 212 g/mol. The maximum Gasteiger partial charge on any atom is 0.371 e. The number of aromatic amines is 1. The van der Waals surface area contributed by atoms with Crippen molar-refractivity contribution in [3.8, 4) is 0 Å². The Kier molecular flexibility index (Phi) is 1.78. The zero-order chi connectivity index (χ0) is 10.3. The van der Waals surface area contributed by atoms with Crippen LogP contribution in [0.5, 0.6) is 0 Å². The summed E-state index contributed by atoms with van der Waals surface area (Å²) < 4.78 is 4.77. The van der Waals surface area contributed by atoms with Gasteiger partial charge in [0.25, 0.3) is 0 Å². The molecule has 0 saturated carbocycles. The lowest BCUT2D eigenvalue weighted by molar-refractivity contribution is 0.0665. The van der Waals surface area contributed by atoms with Crippen LogP contribution in [-0.2, 0) is 0 Å². The molecule has 0 spiro atoms. The normalized spacial score (nSPS) is 10.6. The Morgan fingerprint density at radius 2 is 2.36 bits per heavy atom. The van der Waals surface area contributed by atoms with Crippen LogP contribution in [0.15, 0.2) is 15.3 Å². The highest BCUT2D eigenvalue weighted by atomic mass is 35.5. The number of carboxylic acids is 1. The van der Waals surface area contributed by atoms with E-state index in [1.54, 1.807) is 0 Å². The van der Waals surface area contributed by atoms with Gasteiger partial charge in [0.05, 0.1) is 5.39 Å². The van der Waals surface area contributed by atoms with Crippen LogP contribution in [0.2, 0.25) is 5.15 Å². The highest BCUT2D eigenvalue weighted by Gasteiger charge is 2.15. The van der Waals surface area contributed by atoms with Gasteiger partial charge in [-0.3, -0.25) is 4.79 Å². The summed E-state index contributed by atoms with van der Waals surface area (Å²) in [5, 5.41) is 14.3. The Bertz CT molecular complexity index is 571. The first-order chi connectivity index (χ1) is 6.59. The molecule has 0 aliphatic carbocycles. The van der Waals surface area contributed by atoms with Gasteiger partial charge in [-0.1, -0.05) is 11.6 Å². The summed E-state index contributed by atoms with van der Waals surface area (Å²) in [6.45, 7) is 0. The van der Waals surface area contributed by atoms with Crippen molar-refractivity contribution in [2.24, 2.45) is 0 Å². The lowest BCUT2D eigenvalue weighted by Gasteiger charge is -1.87. The Labute approximate surface area is 81.1 Å². The Morgan fingerprint density at radius 3 is 2.93 bits per heavy atom. The van der Waals surface area contributed by atoms with Crippen molar-refractivity contribution in [3.05, 3.63) is 27.3 Å². The second-order valence-corrected chi connectivity index (χ2v) is 2.86. The third-order valence-electron chi connectivity index (χ3n) is 1.63. The highest BCUT2D eigenvalue weighted by Crippen LogP contribution is 2.21. The van der Waals surface area contributed by atoms with Gasteiger partial charge in [0.2, 0.25) is 11.3 Å². The number of carboxylic acid groups (broad SMARTS) is 1. The first-order valence-electron chi connectivity index (χ1n) is 3.50. The molecule has 0 fully saturated rings. The van der Waals surface area contributed by atoms with E-state index in [4.69, 9.17) is 21.1 Å². The van der Waals surface area contributed by atoms with E-state index >= 15 is 0 Å². The van der Waals surface area contributed by atoms with Crippen molar-refractivity contribution in [2.75, 3.05) is 0 Å². The molecule has 0 aliphatic heterocycles. The molecule has 2 rings (SSSR count). The quantitative estimate of drug-likeness (QED) is 0.734. The number of nitrogens with zero attached hydrogens (tertiary/aromatic N) is 1. The van der Waals surface area contributed by atoms with Crippen LogP contribution in [0.1, 0.15) is 10.6 Å². The molecule has 7 heteroatoms. The van der Waals surface area contributed by atoms with Gasteiger partial charge in [-0.05, 0) is 0 Å². The number of hydrogen-bond acceptors (Lipinski definition) is 4. The average Bonchev–Trinajstić information content (AvgIpc) is 2.57. The number of nitrogens with one attached hydrogen (secondary N) is 1. The third kappa shape index (κ3) is 1.16. The van der Waals surface area contributed by atoms with Gasteiger partial charge in [0.15, 0.2) is 5.15 Å². The van der Waals surface area contributed by atoms with E-state index in [2.05, 4.69) is 10.2 Å². The van der Waals surface area contributed by atoms with E-state index in [1.165, 1.54) is 0 Å². The summed E-state index contributed by atoms with van der Waals surface area (Å²) in [5.41, 5.74) is -0.751. The summed E-state index contributed by atoms with van der Waals surface area (Å²) in [7, 11) is 0. The van der Waals surface area contributed by atoms with Crippen molar-refractivity contribution in [3.63, 3.8) is 0 Å². The number of furan rings is 1. The van der Waals surface area contributed by atoms with Gasteiger partial charge in [0, 0.05) is 6.07 Å². The van der Waals surface area contributed by atoms with E-state index in [-0.39, 0.29) is 21.9 Å². The minimum absolute atomic E-state index is 0.00384. The lowest BCUT2D eigenvalue weighted by Crippen LogP contribution is -2.06. The number of fused-ring (bicyclic) bond motifs is 1. The zero-order valence-electron chi connectivity index (χ0n) is 6.57. The summed E-state index contributed by atoms with van der Waals surface area (Å²) in [5.74, 6) is -1.61. The van der Waals surface area contributed by atoms with Crippen molar-refractivity contribution < 1.29 is 14.3 Å². The van der Waals surface area contributed by atoms with Gasteiger partial charge in [-0.15, -0.1) is 0 Å². The van der Waals surface area contributed by atoms with Crippen LogP contribution >= 0.6 is 11.6 Å². The van der Waals surface area contributed by atoms with E-state index in [0.717, 1.165) is 6.07 Å². The first kappa shape index (κ1) is 8.76. The van der Waals surface area contributed by atoms with E-state index in [0.29, 0.717) is 0 Å². The molecule has 0 bridgehead atoms. The molecule has 0 aliphatic rings. The molecule has 0 saturated heterocycles. The number of aromatic carboxylic acids is 1. The van der Waals surface area contributed by atoms with Crippen LogP contribution in [0.25, 0.3) is 11.0 Å².